The Morgan fingerprint density at radius 2 is 1.51 bits per heavy atom. The number of urea groups is 1. The van der Waals surface area contributed by atoms with Crippen molar-refractivity contribution in [1.82, 2.24) is 31.5 Å². The van der Waals surface area contributed by atoms with E-state index in [-0.39, 0.29) is 18.5 Å². The molecule has 2 fully saturated rings. The molecule has 1 heterocycles. The summed E-state index contributed by atoms with van der Waals surface area (Å²) < 4.78 is 0. The highest BCUT2D eigenvalue weighted by atomic mass is 32.1. The van der Waals surface area contributed by atoms with Crippen molar-refractivity contribution in [3.05, 3.63) is 12.7 Å². The topological polar surface area (TPSA) is 149 Å². The fourth-order valence-corrected chi connectivity index (χ4v) is 6.41. The van der Waals surface area contributed by atoms with Crippen LogP contribution in [-0.4, -0.2) is 90.5 Å². The second-order valence-corrected chi connectivity index (χ2v) is 13.9. The van der Waals surface area contributed by atoms with Gasteiger partial charge in [0.2, 0.25) is 17.6 Å². The van der Waals surface area contributed by atoms with Gasteiger partial charge in [0.1, 0.15) is 12.1 Å². The third-order valence-electron chi connectivity index (χ3n) is 8.73. The lowest BCUT2D eigenvalue weighted by molar-refractivity contribution is -0.143. The van der Waals surface area contributed by atoms with Gasteiger partial charge in [0, 0.05) is 25.7 Å². The average Bonchev–Trinajstić information content (AvgIpc) is 3.64. The minimum Gasteiger partial charge on any atom is -0.346 e. The molecule has 2 aliphatic rings. The highest BCUT2D eigenvalue weighted by Crippen LogP contribution is 2.28. The van der Waals surface area contributed by atoms with Crippen molar-refractivity contribution in [1.29, 1.82) is 0 Å². The van der Waals surface area contributed by atoms with E-state index in [1.54, 1.807) is 0 Å². The molecule has 11 nitrogen and oxygen atoms in total. The quantitative estimate of drug-likeness (QED) is 0.0429. The summed E-state index contributed by atoms with van der Waals surface area (Å²) in [5.41, 5.74) is -0.632. The van der Waals surface area contributed by atoms with Crippen LogP contribution in [0.2, 0.25) is 0 Å². The van der Waals surface area contributed by atoms with Gasteiger partial charge in [-0.1, -0.05) is 101 Å². The number of ketones is 1. The van der Waals surface area contributed by atoms with Crippen LogP contribution in [0, 0.1) is 11.3 Å². The molecule has 0 spiro atoms. The molecule has 1 saturated carbocycles. The Hall–Kier alpha value is -2.60. The van der Waals surface area contributed by atoms with Crippen LogP contribution in [0.1, 0.15) is 140 Å². The molecule has 0 radical (unpaired) electrons. The van der Waals surface area contributed by atoms with E-state index in [0.717, 1.165) is 50.8 Å². The molecule has 1 aliphatic carbocycles. The second kappa shape index (κ2) is 29.9. The number of nitrogens with one attached hydrogen (secondary N) is 5. The standard InChI is InChI=1S/C33H58N6O5S.3C2H6/c1-6-14-24(27(40)30(42)35-18-7-2)36-29(41)26-17-13-20-39(26)31(43)28(33(3,4)5)38-32(44)37-25(22-34-19-11-12-21-45)23-15-9-8-10-16-23;3*1-2/h7,23-26,28,34,45H,2,6,8-22H2,1,3-5H3,(H,35,42)(H,36,41)(H2,37,38,44);3*1-2H3. The summed E-state index contributed by atoms with van der Waals surface area (Å²) in [7, 11) is 0. The van der Waals surface area contributed by atoms with Gasteiger partial charge in [0.05, 0.1) is 6.04 Å². The van der Waals surface area contributed by atoms with Gasteiger partial charge >= 0.3 is 6.03 Å². The first-order chi connectivity index (χ1) is 24.4. The molecule has 1 saturated heterocycles. The van der Waals surface area contributed by atoms with Gasteiger partial charge in [-0.2, -0.15) is 12.6 Å². The summed E-state index contributed by atoms with van der Waals surface area (Å²) in [5.74, 6) is -1.09. The van der Waals surface area contributed by atoms with E-state index >= 15 is 0 Å². The molecule has 0 aromatic heterocycles. The lowest BCUT2D eigenvalue weighted by atomic mass is 9.83. The molecule has 4 atom stereocenters. The predicted molar refractivity (Wildman–Crippen MR) is 215 cm³/mol. The van der Waals surface area contributed by atoms with Crippen LogP contribution in [0.15, 0.2) is 12.7 Å². The fraction of sp³-hybridized carbons (Fsp3) is 0.821. The van der Waals surface area contributed by atoms with Crippen molar-refractivity contribution in [3.63, 3.8) is 0 Å². The number of likely N-dealkylation sites (tertiary alicyclic amines) is 1. The molecule has 5 N–H and O–H groups in total. The zero-order chi connectivity index (χ0) is 39.4. The van der Waals surface area contributed by atoms with Crippen molar-refractivity contribution >= 4 is 42.2 Å². The molecule has 51 heavy (non-hydrogen) atoms. The van der Waals surface area contributed by atoms with Gasteiger partial charge in [0.15, 0.2) is 0 Å². The SMILES string of the molecule is C=CCNC(=O)C(=O)C(CCC)NC(=O)C1CCCN1C(=O)C(NC(=O)NC(CNCCCCS)C1CCCCC1)C(C)(C)C.CC.CC.CC. The molecule has 0 aromatic rings. The molecular weight excluding hydrogens is 665 g/mol. The minimum absolute atomic E-state index is 0.0564. The van der Waals surface area contributed by atoms with Crippen LogP contribution in [0.4, 0.5) is 4.79 Å². The molecule has 0 aromatic carbocycles. The summed E-state index contributed by atoms with van der Waals surface area (Å²) >= 11 is 4.28. The van der Waals surface area contributed by atoms with E-state index in [9.17, 15) is 24.0 Å². The summed E-state index contributed by atoms with van der Waals surface area (Å²) in [5, 5.41) is 14.8. The number of amides is 5. The number of unbranched alkanes of at least 4 members (excludes halogenated alkanes) is 1. The van der Waals surface area contributed by atoms with Crippen LogP contribution in [-0.2, 0) is 19.2 Å². The molecule has 4 unspecified atom stereocenters. The normalized spacial score (nSPS) is 17.3. The third-order valence-corrected chi connectivity index (χ3v) is 9.05. The molecule has 298 valence electrons. The zero-order valence-electron chi connectivity index (χ0n) is 33.9. The van der Waals surface area contributed by atoms with E-state index < -0.39 is 47.2 Å². The van der Waals surface area contributed by atoms with Crippen LogP contribution < -0.4 is 26.6 Å². The van der Waals surface area contributed by atoms with Gasteiger partial charge in [0.25, 0.3) is 5.91 Å². The van der Waals surface area contributed by atoms with Crippen LogP contribution in [0.3, 0.4) is 0 Å². The number of Topliss-reactive ketones (excluding diaryl/α,β-unsaturated/α-hetero) is 1. The van der Waals surface area contributed by atoms with E-state index in [0.29, 0.717) is 44.7 Å². The first-order valence-corrected chi connectivity index (χ1v) is 20.5. The van der Waals surface area contributed by atoms with Crippen LogP contribution in [0.25, 0.3) is 0 Å². The van der Waals surface area contributed by atoms with Gasteiger partial charge < -0.3 is 31.5 Å². The van der Waals surface area contributed by atoms with Crippen molar-refractivity contribution in [2.24, 2.45) is 11.3 Å². The van der Waals surface area contributed by atoms with E-state index in [1.807, 2.05) is 69.2 Å². The molecule has 5 amide bonds. The number of nitrogens with zero attached hydrogens (tertiary/aromatic N) is 1. The Kier molecular flexibility index (Phi) is 29.6. The number of hydrogen-bond donors (Lipinski definition) is 6. The van der Waals surface area contributed by atoms with E-state index in [2.05, 4.69) is 45.8 Å². The summed E-state index contributed by atoms with van der Waals surface area (Å²) in [6.45, 7) is 25.1. The number of carbonyl (C=O) groups excluding carboxylic acids is 5. The third kappa shape index (κ3) is 19.2. The Labute approximate surface area is 316 Å². The lowest BCUT2D eigenvalue weighted by Gasteiger charge is -2.37. The maximum absolute atomic E-state index is 14.0. The van der Waals surface area contributed by atoms with Crippen molar-refractivity contribution in [3.8, 4) is 0 Å². The Morgan fingerprint density at radius 1 is 0.882 bits per heavy atom. The molecule has 2 rings (SSSR count). The number of rotatable bonds is 18. The van der Waals surface area contributed by atoms with Gasteiger partial charge in [-0.25, -0.2) is 4.79 Å². The minimum atomic E-state index is -0.990. The van der Waals surface area contributed by atoms with Crippen molar-refractivity contribution < 1.29 is 24.0 Å². The number of carbonyl (C=O) groups is 5. The first-order valence-electron chi connectivity index (χ1n) is 19.9. The van der Waals surface area contributed by atoms with E-state index in [4.69, 9.17) is 0 Å². The highest BCUT2D eigenvalue weighted by molar-refractivity contribution is 7.80. The lowest BCUT2D eigenvalue weighted by Crippen LogP contribution is -2.61. The zero-order valence-corrected chi connectivity index (χ0v) is 34.8. The van der Waals surface area contributed by atoms with Crippen molar-refractivity contribution in [2.45, 2.75) is 164 Å². The molecular formula is C39H76N6O5S. The van der Waals surface area contributed by atoms with Crippen LogP contribution in [0.5, 0.6) is 0 Å². The number of hydrogen-bond acceptors (Lipinski definition) is 7. The smallest absolute Gasteiger partial charge is 0.315 e. The number of thiol groups is 1. The van der Waals surface area contributed by atoms with E-state index in [1.165, 1.54) is 17.4 Å². The van der Waals surface area contributed by atoms with Gasteiger partial charge in [-0.05, 0) is 68.6 Å². The molecule has 1 aliphatic heterocycles. The Bertz CT molecular complexity index is 999. The molecule has 0 bridgehead atoms. The van der Waals surface area contributed by atoms with Crippen molar-refractivity contribution in [2.75, 3.05) is 31.9 Å². The molecule has 12 heteroatoms. The monoisotopic (exact) mass is 741 g/mol. The second-order valence-electron chi connectivity index (χ2n) is 13.5. The van der Waals surface area contributed by atoms with Gasteiger partial charge in [-0.15, -0.1) is 6.58 Å². The van der Waals surface area contributed by atoms with Crippen LogP contribution >= 0.6 is 12.6 Å². The maximum Gasteiger partial charge on any atom is 0.315 e. The largest absolute Gasteiger partial charge is 0.346 e. The highest BCUT2D eigenvalue weighted by Gasteiger charge is 2.43. The summed E-state index contributed by atoms with van der Waals surface area (Å²) in [6, 6.07) is -3.11. The fourth-order valence-electron chi connectivity index (χ4n) is 6.19. The Balaban J connectivity index is 0. The summed E-state index contributed by atoms with van der Waals surface area (Å²) in [6.07, 6.45) is 11.1. The first kappa shape index (κ1) is 50.5. The van der Waals surface area contributed by atoms with Gasteiger partial charge in [-0.3, -0.25) is 19.2 Å². The summed E-state index contributed by atoms with van der Waals surface area (Å²) in [4.78, 5) is 67.5. The predicted octanol–water partition coefficient (Wildman–Crippen LogP) is 6.17. The Morgan fingerprint density at radius 3 is 2.06 bits per heavy atom. The maximum atomic E-state index is 14.0. The average molecular weight is 741 g/mol.